The maximum absolute atomic E-state index is 12.4. The standard InChI is InChI=1S/C15H27N3O3S2.ClH/c1-5-18(6-2)23(20,21)14-8-7-13(22-14)9-10-17-15(19)11(3)12(4)16;/h7-8,11-12H,5-6,9-10,16H2,1-4H3,(H,17,19);1H. The van der Waals surface area contributed by atoms with Crippen LogP contribution in [0.3, 0.4) is 0 Å². The zero-order chi connectivity index (χ0) is 17.6. The van der Waals surface area contributed by atoms with Gasteiger partial charge in [0.2, 0.25) is 5.91 Å². The van der Waals surface area contributed by atoms with Crippen molar-refractivity contribution in [2.75, 3.05) is 19.6 Å². The molecule has 0 fully saturated rings. The molecule has 0 aliphatic carbocycles. The monoisotopic (exact) mass is 397 g/mol. The third-order valence-corrected chi connectivity index (χ3v) is 7.47. The van der Waals surface area contributed by atoms with E-state index in [1.54, 1.807) is 19.9 Å². The largest absolute Gasteiger partial charge is 0.355 e. The van der Waals surface area contributed by atoms with Gasteiger partial charge in [-0.2, -0.15) is 4.31 Å². The zero-order valence-corrected chi connectivity index (χ0v) is 17.1. The molecule has 0 aliphatic heterocycles. The van der Waals surface area contributed by atoms with Gasteiger partial charge in [-0.1, -0.05) is 20.8 Å². The summed E-state index contributed by atoms with van der Waals surface area (Å²) in [6.45, 7) is 8.62. The molecule has 140 valence electrons. The summed E-state index contributed by atoms with van der Waals surface area (Å²) in [5, 5.41) is 2.83. The first kappa shape index (κ1) is 23.3. The second kappa shape index (κ2) is 10.4. The second-order valence-electron chi connectivity index (χ2n) is 5.50. The molecule has 0 spiro atoms. The average Bonchev–Trinajstić information content (AvgIpc) is 2.96. The van der Waals surface area contributed by atoms with Crippen LogP contribution in [0.4, 0.5) is 0 Å². The Balaban J connectivity index is 0.00000529. The summed E-state index contributed by atoms with van der Waals surface area (Å²) in [4.78, 5) is 12.8. The van der Waals surface area contributed by atoms with Crippen LogP contribution in [0.1, 0.15) is 32.6 Å². The van der Waals surface area contributed by atoms with E-state index in [0.29, 0.717) is 30.3 Å². The normalized spacial score (nSPS) is 14.1. The molecule has 0 aromatic carbocycles. The molecule has 1 aromatic rings. The SMILES string of the molecule is CCN(CC)S(=O)(=O)c1ccc(CCNC(=O)C(C)C(C)N)s1.Cl. The number of thiophene rings is 1. The van der Waals surface area contributed by atoms with E-state index in [1.807, 2.05) is 19.9 Å². The van der Waals surface area contributed by atoms with Gasteiger partial charge in [0.05, 0.1) is 0 Å². The van der Waals surface area contributed by atoms with Crippen molar-refractivity contribution in [1.82, 2.24) is 9.62 Å². The Hall–Kier alpha value is -0.670. The van der Waals surface area contributed by atoms with Crippen molar-refractivity contribution in [3.8, 4) is 0 Å². The zero-order valence-electron chi connectivity index (χ0n) is 14.6. The van der Waals surface area contributed by atoms with Gasteiger partial charge in [0, 0.05) is 36.5 Å². The van der Waals surface area contributed by atoms with Gasteiger partial charge in [0.25, 0.3) is 10.0 Å². The molecule has 24 heavy (non-hydrogen) atoms. The van der Waals surface area contributed by atoms with Crippen LogP contribution in [0.2, 0.25) is 0 Å². The Labute approximate surface area is 155 Å². The molecule has 6 nitrogen and oxygen atoms in total. The van der Waals surface area contributed by atoms with E-state index >= 15 is 0 Å². The number of carbonyl (C=O) groups excluding carboxylic acids is 1. The van der Waals surface area contributed by atoms with E-state index in [4.69, 9.17) is 5.73 Å². The molecule has 1 heterocycles. The van der Waals surface area contributed by atoms with Gasteiger partial charge in [-0.25, -0.2) is 8.42 Å². The van der Waals surface area contributed by atoms with E-state index in [2.05, 4.69) is 5.32 Å². The van der Waals surface area contributed by atoms with Gasteiger partial charge >= 0.3 is 0 Å². The molecule has 9 heteroatoms. The Bertz CT molecular complexity index is 613. The lowest BCUT2D eigenvalue weighted by molar-refractivity contribution is -0.124. The molecule has 0 aliphatic rings. The first-order chi connectivity index (χ1) is 10.7. The van der Waals surface area contributed by atoms with Gasteiger partial charge in [-0.05, 0) is 25.5 Å². The Morgan fingerprint density at radius 3 is 2.38 bits per heavy atom. The highest BCUT2D eigenvalue weighted by molar-refractivity contribution is 7.91. The van der Waals surface area contributed by atoms with Crippen LogP contribution >= 0.6 is 23.7 Å². The van der Waals surface area contributed by atoms with E-state index < -0.39 is 10.0 Å². The maximum atomic E-state index is 12.4. The Kier molecular flexibility index (Phi) is 10.1. The first-order valence-electron chi connectivity index (χ1n) is 7.86. The molecule has 2 atom stereocenters. The minimum absolute atomic E-state index is 0. The van der Waals surface area contributed by atoms with Gasteiger partial charge in [0.1, 0.15) is 4.21 Å². The molecular formula is C15H28ClN3O3S2. The number of hydrogen-bond acceptors (Lipinski definition) is 5. The number of nitrogens with one attached hydrogen (secondary N) is 1. The second-order valence-corrected chi connectivity index (χ2v) is 8.83. The molecule has 0 saturated heterocycles. The van der Waals surface area contributed by atoms with Crippen molar-refractivity contribution < 1.29 is 13.2 Å². The third kappa shape index (κ3) is 6.00. The highest BCUT2D eigenvalue weighted by atomic mass is 35.5. The van der Waals surface area contributed by atoms with E-state index in [0.717, 1.165) is 4.88 Å². The summed E-state index contributed by atoms with van der Waals surface area (Å²) in [5.74, 6) is -0.315. The van der Waals surface area contributed by atoms with Crippen molar-refractivity contribution in [3.05, 3.63) is 17.0 Å². The highest BCUT2D eigenvalue weighted by Crippen LogP contribution is 2.25. The van der Waals surface area contributed by atoms with E-state index in [9.17, 15) is 13.2 Å². The first-order valence-corrected chi connectivity index (χ1v) is 10.1. The van der Waals surface area contributed by atoms with Crippen LogP contribution in [0.25, 0.3) is 0 Å². The lowest BCUT2D eigenvalue weighted by Gasteiger charge is -2.16. The summed E-state index contributed by atoms with van der Waals surface area (Å²) in [5.41, 5.74) is 5.70. The minimum atomic E-state index is -3.40. The number of halogens is 1. The fourth-order valence-corrected chi connectivity index (χ4v) is 5.00. The summed E-state index contributed by atoms with van der Waals surface area (Å²) >= 11 is 1.26. The molecule has 1 amide bonds. The minimum Gasteiger partial charge on any atom is -0.355 e. The van der Waals surface area contributed by atoms with Crippen molar-refractivity contribution >= 4 is 39.7 Å². The molecular weight excluding hydrogens is 370 g/mol. The van der Waals surface area contributed by atoms with E-state index in [1.165, 1.54) is 15.6 Å². The maximum Gasteiger partial charge on any atom is 0.252 e. The number of carbonyl (C=O) groups is 1. The van der Waals surface area contributed by atoms with Gasteiger partial charge in [-0.15, -0.1) is 23.7 Å². The van der Waals surface area contributed by atoms with Crippen molar-refractivity contribution in [3.63, 3.8) is 0 Å². The molecule has 3 N–H and O–H groups in total. The lowest BCUT2D eigenvalue weighted by Crippen LogP contribution is -2.39. The van der Waals surface area contributed by atoms with Gasteiger partial charge in [0.15, 0.2) is 0 Å². The fourth-order valence-electron chi connectivity index (χ4n) is 2.03. The molecule has 2 unspecified atom stereocenters. The molecule has 1 rings (SSSR count). The van der Waals surface area contributed by atoms with Crippen LogP contribution in [0.15, 0.2) is 16.3 Å². The smallest absolute Gasteiger partial charge is 0.252 e. The van der Waals surface area contributed by atoms with Crippen LogP contribution in [0.5, 0.6) is 0 Å². The summed E-state index contributed by atoms with van der Waals surface area (Å²) in [7, 11) is -3.40. The predicted octanol–water partition coefficient (Wildman–Crippen LogP) is 1.84. The molecule has 1 aromatic heterocycles. The third-order valence-electron chi connectivity index (χ3n) is 3.81. The number of rotatable bonds is 9. The predicted molar refractivity (Wildman–Crippen MR) is 101 cm³/mol. The quantitative estimate of drug-likeness (QED) is 0.664. The number of sulfonamides is 1. The average molecular weight is 398 g/mol. The molecule has 0 bridgehead atoms. The van der Waals surface area contributed by atoms with Crippen molar-refractivity contribution in [2.24, 2.45) is 11.7 Å². The van der Waals surface area contributed by atoms with Crippen molar-refractivity contribution in [1.29, 1.82) is 0 Å². The van der Waals surface area contributed by atoms with Gasteiger partial charge < -0.3 is 11.1 Å². The molecule has 0 radical (unpaired) electrons. The summed E-state index contributed by atoms with van der Waals surface area (Å²) in [6.07, 6.45) is 0.607. The summed E-state index contributed by atoms with van der Waals surface area (Å²) in [6, 6.07) is 3.25. The van der Waals surface area contributed by atoms with E-state index in [-0.39, 0.29) is 30.3 Å². The van der Waals surface area contributed by atoms with Crippen molar-refractivity contribution in [2.45, 2.75) is 44.4 Å². The number of nitrogens with zero attached hydrogens (tertiary/aromatic N) is 1. The number of hydrogen-bond donors (Lipinski definition) is 2. The van der Waals surface area contributed by atoms with Gasteiger partial charge in [-0.3, -0.25) is 4.79 Å². The lowest BCUT2D eigenvalue weighted by atomic mass is 10.0. The van der Waals surface area contributed by atoms with Crippen LogP contribution in [0, 0.1) is 5.92 Å². The number of nitrogens with two attached hydrogens (primary N) is 1. The summed E-state index contributed by atoms with van der Waals surface area (Å²) < 4.78 is 26.6. The molecule has 0 saturated carbocycles. The Morgan fingerprint density at radius 1 is 1.29 bits per heavy atom. The topological polar surface area (TPSA) is 92.5 Å². The number of amides is 1. The van der Waals surface area contributed by atoms with Crippen LogP contribution in [-0.4, -0.2) is 44.3 Å². The Morgan fingerprint density at radius 2 is 1.88 bits per heavy atom. The fraction of sp³-hybridized carbons (Fsp3) is 0.667. The highest BCUT2D eigenvalue weighted by Gasteiger charge is 2.23. The van der Waals surface area contributed by atoms with Crippen LogP contribution in [-0.2, 0) is 21.2 Å². The van der Waals surface area contributed by atoms with Crippen LogP contribution < -0.4 is 11.1 Å².